The lowest BCUT2D eigenvalue weighted by atomic mass is 9.70. The van der Waals surface area contributed by atoms with Gasteiger partial charge in [-0.15, -0.1) is 0 Å². The third-order valence-electron chi connectivity index (χ3n) is 2.25. The highest BCUT2D eigenvalue weighted by Crippen LogP contribution is 2.33. The van der Waals surface area contributed by atoms with Crippen LogP contribution < -0.4 is 0 Å². The maximum Gasteiger partial charge on any atom is 0.126 e. The lowest BCUT2D eigenvalue weighted by Gasteiger charge is -2.31. The fraction of sp³-hybridized carbons (Fsp3) is 0.750. The predicted octanol–water partition coefficient (Wildman–Crippen LogP) is 1.44. The van der Waals surface area contributed by atoms with E-state index in [1.165, 1.54) is 0 Å². The van der Waals surface area contributed by atoms with Gasteiger partial charge in [0.15, 0.2) is 0 Å². The Kier molecular flexibility index (Phi) is 2.36. The lowest BCUT2D eigenvalue weighted by molar-refractivity contribution is -0.129. The maximum absolute atomic E-state index is 10.5. The summed E-state index contributed by atoms with van der Waals surface area (Å²) in [5, 5.41) is 0. The summed E-state index contributed by atoms with van der Waals surface area (Å²) < 4.78 is 0. The second kappa shape index (κ2) is 2.52. The normalized spacial score (nSPS) is 12.8. The van der Waals surface area contributed by atoms with Gasteiger partial charge in [0.1, 0.15) is 12.6 Å². The molecular formula is C8H14O2. The minimum absolute atomic E-state index is 0.561. The van der Waals surface area contributed by atoms with Gasteiger partial charge in [-0.3, -0.25) is 0 Å². The highest BCUT2D eigenvalue weighted by atomic mass is 16.1. The van der Waals surface area contributed by atoms with E-state index in [0.717, 1.165) is 12.6 Å². The molecule has 0 atom stereocenters. The van der Waals surface area contributed by atoms with Crippen molar-refractivity contribution in [3.63, 3.8) is 0 Å². The first-order valence-corrected chi connectivity index (χ1v) is 3.30. The molecule has 10 heavy (non-hydrogen) atoms. The number of carbonyl (C=O) groups is 2. The number of rotatable bonds is 3. The standard InChI is InChI=1S/C8H14O2/c1-7(2,5-9)8(3,4)6-10/h5-6H,1-4H3. The molecule has 0 aromatic rings. The number of hydrogen-bond donors (Lipinski definition) is 0. The minimum atomic E-state index is -0.561. The van der Waals surface area contributed by atoms with E-state index in [1.54, 1.807) is 27.7 Å². The summed E-state index contributed by atoms with van der Waals surface area (Å²) in [5.74, 6) is 0. The molecule has 0 aliphatic carbocycles. The number of aldehydes is 2. The van der Waals surface area contributed by atoms with Gasteiger partial charge >= 0.3 is 0 Å². The Balaban J connectivity index is 4.59. The van der Waals surface area contributed by atoms with Crippen molar-refractivity contribution in [3.8, 4) is 0 Å². The van der Waals surface area contributed by atoms with E-state index >= 15 is 0 Å². The Bertz CT molecular complexity index is 127. The zero-order valence-corrected chi connectivity index (χ0v) is 6.97. The van der Waals surface area contributed by atoms with Crippen LogP contribution in [0.25, 0.3) is 0 Å². The summed E-state index contributed by atoms with van der Waals surface area (Å²) >= 11 is 0. The Labute approximate surface area is 61.6 Å². The lowest BCUT2D eigenvalue weighted by Crippen LogP contribution is -2.35. The molecule has 0 N–H and O–H groups in total. The van der Waals surface area contributed by atoms with Gasteiger partial charge in [0.2, 0.25) is 0 Å². The van der Waals surface area contributed by atoms with Crippen molar-refractivity contribution in [3.05, 3.63) is 0 Å². The molecule has 0 radical (unpaired) electrons. The van der Waals surface area contributed by atoms with Gasteiger partial charge in [0, 0.05) is 10.8 Å². The summed E-state index contributed by atoms with van der Waals surface area (Å²) in [6.45, 7) is 7.03. The molecule has 2 heteroatoms. The molecule has 0 fully saturated rings. The molecule has 2 nitrogen and oxygen atoms in total. The summed E-state index contributed by atoms with van der Waals surface area (Å²) in [6.07, 6.45) is 1.64. The third kappa shape index (κ3) is 1.43. The van der Waals surface area contributed by atoms with Crippen LogP contribution in [-0.4, -0.2) is 12.6 Å². The van der Waals surface area contributed by atoms with Gasteiger partial charge in [-0.25, -0.2) is 0 Å². The topological polar surface area (TPSA) is 34.1 Å². The Hall–Kier alpha value is -0.660. The van der Waals surface area contributed by atoms with Crippen LogP contribution in [0, 0.1) is 10.8 Å². The molecule has 0 spiro atoms. The third-order valence-corrected chi connectivity index (χ3v) is 2.25. The van der Waals surface area contributed by atoms with Crippen molar-refractivity contribution < 1.29 is 9.59 Å². The molecule has 0 amide bonds. The second-order valence-corrected chi connectivity index (χ2v) is 3.68. The predicted molar refractivity (Wildman–Crippen MR) is 39.7 cm³/mol. The smallest absolute Gasteiger partial charge is 0.126 e. The quantitative estimate of drug-likeness (QED) is 0.559. The van der Waals surface area contributed by atoms with E-state index in [4.69, 9.17) is 0 Å². The Morgan fingerprint density at radius 3 is 1.10 bits per heavy atom. The van der Waals surface area contributed by atoms with Crippen LogP contribution in [0.3, 0.4) is 0 Å². The van der Waals surface area contributed by atoms with Crippen molar-refractivity contribution in [2.24, 2.45) is 10.8 Å². The van der Waals surface area contributed by atoms with Crippen molar-refractivity contribution in [1.82, 2.24) is 0 Å². The Morgan fingerprint density at radius 1 is 0.800 bits per heavy atom. The van der Waals surface area contributed by atoms with Gasteiger partial charge in [0.05, 0.1) is 0 Å². The second-order valence-electron chi connectivity index (χ2n) is 3.68. The van der Waals surface area contributed by atoms with E-state index < -0.39 is 10.8 Å². The van der Waals surface area contributed by atoms with Gasteiger partial charge in [-0.2, -0.15) is 0 Å². The first-order valence-electron chi connectivity index (χ1n) is 3.30. The molecule has 0 heterocycles. The van der Waals surface area contributed by atoms with Crippen LogP contribution in [0.5, 0.6) is 0 Å². The highest BCUT2D eigenvalue weighted by molar-refractivity contribution is 5.71. The number of hydrogen-bond acceptors (Lipinski definition) is 2. The van der Waals surface area contributed by atoms with Crippen LogP contribution in [0.15, 0.2) is 0 Å². The molecule has 0 unspecified atom stereocenters. The van der Waals surface area contributed by atoms with E-state index in [2.05, 4.69) is 0 Å². The van der Waals surface area contributed by atoms with Crippen molar-refractivity contribution in [1.29, 1.82) is 0 Å². The molecule has 0 aromatic carbocycles. The van der Waals surface area contributed by atoms with Crippen LogP contribution in [-0.2, 0) is 9.59 Å². The van der Waals surface area contributed by atoms with Gasteiger partial charge in [-0.1, -0.05) is 27.7 Å². The Morgan fingerprint density at radius 2 is 1.00 bits per heavy atom. The van der Waals surface area contributed by atoms with Crippen LogP contribution >= 0.6 is 0 Å². The summed E-state index contributed by atoms with van der Waals surface area (Å²) in [4.78, 5) is 20.9. The molecule has 58 valence electrons. The minimum Gasteiger partial charge on any atom is -0.303 e. The maximum atomic E-state index is 10.5. The monoisotopic (exact) mass is 142 g/mol. The molecule has 0 saturated carbocycles. The van der Waals surface area contributed by atoms with E-state index in [0.29, 0.717) is 0 Å². The SMILES string of the molecule is CC(C)(C=O)C(C)(C)C=O. The molecule has 0 bridgehead atoms. The molecule has 0 aliphatic rings. The molecule has 0 aromatic heterocycles. The van der Waals surface area contributed by atoms with Crippen LogP contribution in [0.4, 0.5) is 0 Å². The van der Waals surface area contributed by atoms with E-state index in [9.17, 15) is 9.59 Å². The highest BCUT2D eigenvalue weighted by Gasteiger charge is 2.36. The average Bonchev–Trinajstić information content (AvgIpc) is 1.88. The molecule has 0 saturated heterocycles. The van der Waals surface area contributed by atoms with Crippen LogP contribution in [0.2, 0.25) is 0 Å². The molecular weight excluding hydrogens is 128 g/mol. The van der Waals surface area contributed by atoms with Crippen molar-refractivity contribution in [2.75, 3.05) is 0 Å². The van der Waals surface area contributed by atoms with Gasteiger partial charge < -0.3 is 9.59 Å². The first-order chi connectivity index (χ1) is 4.37. The fourth-order valence-corrected chi connectivity index (χ4v) is 0.304. The fourth-order valence-electron chi connectivity index (χ4n) is 0.304. The average molecular weight is 142 g/mol. The first kappa shape index (κ1) is 9.34. The number of carbonyl (C=O) groups excluding carboxylic acids is 2. The van der Waals surface area contributed by atoms with Crippen molar-refractivity contribution >= 4 is 12.6 Å². The zero-order chi connectivity index (χ0) is 8.41. The summed E-state index contributed by atoms with van der Waals surface area (Å²) in [5.41, 5.74) is -1.12. The largest absolute Gasteiger partial charge is 0.303 e. The molecule has 0 rings (SSSR count). The van der Waals surface area contributed by atoms with Gasteiger partial charge in [0.25, 0.3) is 0 Å². The van der Waals surface area contributed by atoms with Gasteiger partial charge in [-0.05, 0) is 0 Å². The van der Waals surface area contributed by atoms with E-state index in [-0.39, 0.29) is 0 Å². The zero-order valence-electron chi connectivity index (χ0n) is 6.97. The summed E-state index contributed by atoms with van der Waals surface area (Å²) in [7, 11) is 0. The molecule has 0 aliphatic heterocycles. The van der Waals surface area contributed by atoms with Crippen molar-refractivity contribution in [2.45, 2.75) is 27.7 Å². The van der Waals surface area contributed by atoms with Crippen LogP contribution in [0.1, 0.15) is 27.7 Å². The summed E-state index contributed by atoms with van der Waals surface area (Å²) in [6, 6.07) is 0. The van der Waals surface area contributed by atoms with E-state index in [1.807, 2.05) is 0 Å².